The highest BCUT2D eigenvalue weighted by molar-refractivity contribution is 5.41. The van der Waals surface area contributed by atoms with E-state index in [4.69, 9.17) is 0 Å². The van der Waals surface area contributed by atoms with E-state index in [-0.39, 0.29) is 0 Å². The molecule has 0 bridgehead atoms. The van der Waals surface area contributed by atoms with Gasteiger partial charge in [-0.15, -0.1) is 0 Å². The third-order valence-electron chi connectivity index (χ3n) is 2.03. The summed E-state index contributed by atoms with van der Waals surface area (Å²) in [4.78, 5) is 8.53. The largest absolute Gasteiger partial charge is 0.369 e. The van der Waals surface area contributed by atoms with E-state index in [1.807, 2.05) is 0 Å². The van der Waals surface area contributed by atoms with Crippen molar-refractivity contribution < 1.29 is 0 Å². The fourth-order valence-electron chi connectivity index (χ4n) is 1.18. The van der Waals surface area contributed by atoms with Gasteiger partial charge in [0.15, 0.2) is 0 Å². The van der Waals surface area contributed by atoms with Gasteiger partial charge in [-0.05, 0) is 12.8 Å². The number of rotatable bonds is 7. The van der Waals surface area contributed by atoms with Gasteiger partial charge in [0.1, 0.15) is 11.6 Å². The molecule has 0 aliphatic carbocycles. The summed E-state index contributed by atoms with van der Waals surface area (Å²) in [5.74, 6) is 1.70. The van der Waals surface area contributed by atoms with Gasteiger partial charge >= 0.3 is 0 Å². The van der Waals surface area contributed by atoms with Gasteiger partial charge in [0, 0.05) is 13.1 Å². The van der Waals surface area contributed by atoms with Crippen LogP contribution in [0.5, 0.6) is 0 Å². The number of nitrogens with one attached hydrogen (secondary N) is 2. The standard InChI is InChI=1S/C11H20N4/c1-3-5-7-14-11-9-12-8-10(15-11)13-6-4-2/h8-9H,3-7H2,1-2H3,(H2,13,14,15). The first-order chi connectivity index (χ1) is 7.36. The maximum atomic E-state index is 4.40. The van der Waals surface area contributed by atoms with E-state index >= 15 is 0 Å². The van der Waals surface area contributed by atoms with Crippen molar-refractivity contribution >= 4 is 11.6 Å². The highest BCUT2D eigenvalue weighted by Gasteiger charge is 1.96. The van der Waals surface area contributed by atoms with Crippen molar-refractivity contribution in [1.82, 2.24) is 9.97 Å². The molecule has 1 aromatic rings. The van der Waals surface area contributed by atoms with Crippen LogP contribution < -0.4 is 10.6 Å². The van der Waals surface area contributed by atoms with Crippen molar-refractivity contribution in [2.75, 3.05) is 23.7 Å². The van der Waals surface area contributed by atoms with Crippen LogP contribution in [0.15, 0.2) is 12.4 Å². The highest BCUT2D eigenvalue weighted by atomic mass is 15.1. The quantitative estimate of drug-likeness (QED) is 0.676. The SMILES string of the molecule is CCCCNc1cncc(NCCC)n1. The molecule has 0 atom stereocenters. The predicted molar refractivity (Wildman–Crippen MR) is 64.2 cm³/mol. The monoisotopic (exact) mass is 208 g/mol. The molecule has 15 heavy (non-hydrogen) atoms. The van der Waals surface area contributed by atoms with E-state index in [1.165, 1.54) is 6.42 Å². The van der Waals surface area contributed by atoms with E-state index in [2.05, 4.69) is 34.4 Å². The smallest absolute Gasteiger partial charge is 0.146 e. The van der Waals surface area contributed by atoms with Gasteiger partial charge in [0.2, 0.25) is 0 Å². The Morgan fingerprint density at radius 3 is 2.27 bits per heavy atom. The molecule has 0 aliphatic rings. The zero-order valence-corrected chi connectivity index (χ0v) is 9.58. The Hall–Kier alpha value is -1.32. The number of hydrogen-bond acceptors (Lipinski definition) is 4. The van der Waals surface area contributed by atoms with Gasteiger partial charge in [0.25, 0.3) is 0 Å². The van der Waals surface area contributed by atoms with Crippen LogP contribution in [0.4, 0.5) is 11.6 Å². The summed E-state index contributed by atoms with van der Waals surface area (Å²) in [7, 11) is 0. The second kappa shape index (κ2) is 7.04. The number of nitrogens with zero attached hydrogens (tertiary/aromatic N) is 2. The molecule has 0 saturated carbocycles. The van der Waals surface area contributed by atoms with Crippen molar-refractivity contribution in [3.8, 4) is 0 Å². The van der Waals surface area contributed by atoms with Crippen LogP contribution in [-0.4, -0.2) is 23.1 Å². The van der Waals surface area contributed by atoms with Gasteiger partial charge in [0.05, 0.1) is 12.4 Å². The third-order valence-corrected chi connectivity index (χ3v) is 2.03. The van der Waals surface area contributed by atoms with Gasteiger partial charge in [-0.3, -0.25) is 4.98 Å². The Bertz CT molecular complexity index is 275. The highest BCUT2D eigenvalue weighted by Crippen LogP contribution is 2.06. The van der Waals surface area contributed by atoms with Gasteiger partial charge in [-0.1, -0.05) is 20.3 Å². The fraction of sp³-hybridized carbons (Fsp3) is 0.636. The number of aromatic nitrogens is 2. The Kier molecular flexibility index (Phi) is 5.51. The molecule has 4 nitrogen and oxygen atoms in total. The van der Waals surface area contributed by atoms with Crippen molar-refractivity contribution in [3.63, 3.8) is 0 Å². The average molecular weight is 208 g/mol. The van der Waals surface area contributed by atoms with Crippen LogP contribution in [0.2, 0.25) is 0 Å². The van der Waals surface area contributed by atoms with E-state index in [0.29, 0.717) is 0 Å². The van der Waals surface area contributed by atoms with Crippen LogP contribution in [0.1, 0.15) is 33.1 Å². The maximum Gasteiger partial charge on any atom is 0.146 e. The maximum absolute atomic E-state index is 4.40. The van der Waals surface area contributed by atoms with Crippen molar-refractivity contribution in [1.29, 1.82) is 0 Å². The fourth-order valence-corrected chi connectivity index (χ4v) is 1.18. The molecular weight excluding hydrogens is 188 g/mol. The summed E-state index contributed by atoms with van der Waals surface area (Å²) in [5.41, 5.74) is 0. The molecule has 2 N–H and O–H groups in total. The molecule has 0 radical (unpaired) electrons. The first-order valence-electron chi connectivity index (χ1n) is 5.66. The number of unbranched alkanes of at least 4 members (excludes halogenated alkanes) is 1. The second-order valence-electron chi connectivity index (χ2n) is 3.50. The first kappa shape index (κ1) is 11.8. The summed E-state index contributed by atoms with van der Waals surface area (Å²) in [6.45, 7) is 6.20. The van der Waals surface area contributed by atoms with E-state index in [0.717, 1.165) is 37.6 Å². The molecule has 0 amide bonds. The minimum absolute atomic E-state index is 0.846. The lowest BCUT2D eigenvalue weighted by Crippen LogP contribution is -2.07. The van der Waals surface area contributed by atoms with E-state index < -0.39 is 0 Å². The second-order valence-corrected chi connectivity index (χ2v) is 3.50. The van der Waals surface area contributed by atoms with E-state index in [1.54, 1.807) is 12.4 Å². The van der Waals surface area contributed by atoms with Crippen molar-refractivity contribution in [2.45, 2.75) is 33.1 Å². The van der Waals surface area contributed by atoms with Crippen LogP contribution in [0, 0.1) is 0 Å². The minimum atomic E-state index is 0.846. The molecule has 1 heterocycles. The lowest BCUT2D eigenvalue weighted by atomic mass is 10.3. The summed E-state index contributed by atoms with van der Waals surface area (Å²) in [5, 5.41) is 6.46. The summed E-state index contributed by atoms with van der Waals surface area (Å²) in [6.07, 6.45) is 6.95. The van der Waals surface area contributed by atoms with Gasteiger partial charge < -0.3 is 10.6 Å². The minimum Gasteiger partial charge on any atom is -0.369 e. The van der Waals surface area contributed by atoms with Crippen molar-refractivity contribution in [2.24, 2.45) is 0 Å². The van der Waals surface area contributed by atoms with E-state index in [9.17, 15) is 0 Å². The lowest BCUT2D eigenvalue weighted by Gasteiger charge is -2.07. The Morgan fingerprint density at radius 1 is 1.00 bits per heavy atom. The molecule has 1 rings (SSSR count). The molecule has 0 saturated heterocycles. The molecule has 0 aromatic carbocycles. The average Bonchev–Trinajstić information content (AvgIpc) is 2.27. The third kappa shape index (κ3) is 4.63. The molecule has 84 valence electrons. The zero-order chi connectivity index (χ0) is 10.9. The molecule has 1 aromatic heterocycles. The molecule has 0 fully saturated rings. The Balaban J connectivity index is 2.42. The van der Waals surface area contributed by atoms with Gasteiger partial charge in [-0.25, -0.2) is 4.98 Å². The van der Waals surface area contributed by atoms with Crippen molar-refractivity contribution in [3.05, 3.63) is 12.4 Å². The molecule has 0 spiro atoms. The lowest BCUT2D eigenvalue weighted by molar-refractivity contribution is 0.830. The van der Waals surface area contributed by atoms with Crippen LogP contribution >= 0.6 is 0 Å². The number of hydrogen-bond donors (Lipinski definition) is 2. The van der Waals surface area contributed by atoms with Crippen LogP contribution in [0.25, 0.3) is 0 Å². The summed E-state index contributed by atoms with van der Waals surface area (Å²) >= 11 is 0. The van der Waals surface area contributed by atoms with Crippen LogP contribution in [0.3, 0.4) is 0 Å². The topological polar surface area (TPSA) is 49.8 Å². The zero-order valence-electron chi connectivity index (χ0n) is 9.58. The Morgan fingerprint density at radius 2 is 1.67 bits per heavy atom. The molecule has 0 unspecified atom stereocenters. The molecular formula is C11H20N4. The van der Waals surface area contributed by atoms with Gasteiger partial charge in [-0.2, -0.15) is 0 Å². The first-order valence-corrected chi connectivity index (χ1v) is 5.66. The molecule has 0 aliphatic heterocycles. The summed E-state index contributed by atoms with van der Waals surface area (Å²) in [6, 6.07) is 0. The molecule has 4 heteroatoms. The summed E-state index contributed by atoms with van der Waals surface area (Å²) < 4.78 is 0. The predicted octanol–water partition coefficient (Wildman–Crippen LogP) is 2.51. The Labute approximate surface area is 91.5 Å². The number of anilines is 2. The normalized spacial score (nSPS) is 10.0. The van der Waals surface area contributed by atoms with Crippen LogP contribution in [-0.2, 0) is 0 Å².